The van der Waals surface area contributed by atoms with E-state index in [0.29, 0.717) is 0 Å². The maximum Gasteiger partial charge on any atom is 0.179 e. The molecule has 4 rings (SSSR count). The minimum Gasteiger partial charge on any atom is -0.0623 e. The lowest BCUT2D eigenvalue weighted by molar-refractivity contribution is 1.49. The van der Waals surface area contributed by atoms with Crippen LogP contribution < -0.4 is 20.7 Å². The molecule has 0 aliphatic carbocycles. The van der Waals surface area contributed by atoms with Crippen LogP contribution in [0.25, 0.3) is 0 Å². The van der Waals surface area contributed by atoms with Crippen LogP contribution >= 0.6 is 0 Å². The highest BCUT2D eigenvalue weighted by atomic mass is 28.3. The maximum atomic E-state index is 9.09. The van der Waals surface area contributed by atoms with Crippen LogP contribution in [0, 0.1) is 6.92 Å². The third-order valence-corrected chi connectivity index (χ3v) is 7.90. The van der Waals surface area contributed by atoms with Gasteiger partial charge < -0.3 is 0 Å². The lowest BCUT2D eigenvalue weighted by Gasteiger charge is -2.34. The SMILES string of the molecule is [2H]c1cc([Si](c2c([2H])c([2H])c([2H])c([2H])c2[2H])(c2c([2H])c([2H])c([2H])c([2H])c2[2H])c2c([2H])c([2H])c([2H])c(C)c2[2H])c([2H])c([2H])c1[2H]. The van der Waals surface area contributed by atoms with Crippen LogP contribution in [0.15, 0.2) is 115 Å². The van der Waals surface area contributed by atoms with E-state index in [9.17, 15) is 0 Å². The summed E-state index contributed by atoms with van der Waals surface area (Å²) in [5.74, 6) is 0. The fourth-order valence-corrected chi connectivity index (χ4v) is 6.48. The largest absolute Gasteiger partial charge is 0.179 e. The Hall–Kier alpha value is -2.90. The van der Waals surface area contributed by atoms with E-state index in [-0.39, 0.29) is 5.56 Å². The predicted octanol–water partition coefficient (Wildman–Crippen LogP) is 3.37. The topological polar surface area (TPSA) is 0 Å². The van der Waals surface area contributed by atoms with Crippen LogP contribution in [0.1, 0.15) is 30.2 Å². The molecule has 0 bridgehead atoms. The normalized spacial score (nSPS) is 21.0. The molecular formula is C25H22Si. The van der Waals surface area contributed by atoms with Gasteiger partial charge in [-0.15, -0.1) is 0 Å². The molecule has 0 aliphatic rings. The molecule has 4 aromatic carbocycles. The van der Waals surface area contributed by atoms with Crippen molar-refractivity contribution in [3.8, 4) is 0 Å². The van der Waals surface area contributed by atoms with Gasteiger partial charge in [-0.25, -0.2) is 0 Å². The van der Waals surface area contributed by atoms with Gasteiger partial charge in [0.05, 0.1) is 24.7 Å². The molecule has 0 unspecified atom stereocenters. The zero-order valence-corrected chi connectivity index (χ0v) is 14.6. The first-order valence-corrected chi connectivity index (χ1v) is 9.58. The first-order valence-electron chi connectivity index (χ1n) is 16.6. The van der Waals surface area contributed by atoms with Crippen LogP contribution in [0.4, 0.5) is 0 Å². The number of rotatable bonds is 4. The van der Waals surface area contributed by atoms with Crippen LogP contribution in [0.2, 0.25) is 0 Å². The Morgan fingerprint density at radius 2 is 1.04 bits per heavy atom. The number of hydrogen-bond donors (Lipinski definition) is 0. The number of hydrogen-bond acceptors (Lipinski definition) is 0. The summed E-state index contributed by atoms with van der Waals surface area (Å²) < 4.78 is 155. The van der Waals surface area contributed by atoms with Crippen LogP contribution in [-0.4, -0.2) is 8.07 Å². The lowest BCUT2D eigenvalue weighted by Crippen LogP contribution is -2.74. The standard InChI is InChI=1S/C25H22Si/c1-21-12-11-19-25(20-21)26(22-13-5-2-6-14-22,23-15-7-3-8-16-23)24-17-9-4-10-18-24/h2-20H,1H3/i2D,3D,4D,5D,6D,7D,8D,9D,10D,11D,12D,13D,14D,15D,16D,17D,19D,20D. The monoisotopic (exact) mass is 368 g/mol. The van der Waals surface area contributed by atoms with Crippen LogP contribution in [-0.2, 0) is 0 Å². The fourth-order valence-electron chi connectivity index (χ4n) is 2.76. The first-order chi connectivity index (χ1) is 20.3. The van der Waals surface area contributed by atoms with E-state index >= 15 is 0 Å². The molecule has 4 aromatic rings. The summed E-state index contributed by atoms with van der Waals surface area (Å²) in [4.78, 5) is 0. The average molecular weight is 369 g/mol. The Bertz CT molecular complexity index is 1660. The van der Waals surface area contributed by atoms with E-state index in [4.69, 9.17) is 24.7 Å². The third kappa shape index (κ3) is 2.81. The van der Waals surface area contributed by atoms with Gasteiger partial charge in [0, 0.05) is 0 Å². The van der Waals surface area contributed by atoms with Crippen molar-refractivity contribution in [1.82, 2.24) is 0 Å². The molecular weight excluding hydrogens is 328 g/mol. The van der Waals surface area contributed by atoms with Crippen LogP contribution in [0.3, 0.4) is 0 Å². The fraction of sp³-hybridized carbons (Fsp3) is 0.0400. The predicted molar refractivity (Wildman–Crippen MR) is 115 cm³/mol. The first kappa shape index (κ1) is 5.80. The van der Waals surface area contributed by atoms with Crippen molar-refractivity contribution in [1.29, 1.82) is 0 Å². The second-order valence-corrected chi connectivity index (χ2v) is 8.87. The van der Waals surface area contributed by atoms with Crippen molar-refractivity contribution in [3.05, 3.63) is 120 Å². The van der Waals surface area contributed by atoms with E-state index in [1.54, 1.807) is 0 Å². The van der Waals surface area contributed by atoms with E-state index in [1.807, 2.05) is 0 Å². The molecule has 0 saturated heterocycles. The Labute approximate surface area is 182 Å². The van der Waals surface area contributed by atoms with E-state index in [2.05, 4.69) is 0 Å². The van der Waals surface area contributed by atoms with Crippen molar-refractivity contribution in [2.75, 3.05) is 0 Å². The highest BCUT2D eigenvalue weighted by Gasteiger charge is 2.41. The van der Waals surface area contributed by atoms with Gasteiger partial charge in [0.15, 0.2) is 8.07 Å². The quantitative estimate of drug-likeness (QED) is 0.383. The Balaban J connectivity index is 2.65. The summed E-state index contributed by atoms with van der Waals surface area (Å²) in [5.41, 5.74) is -0.224. The molecule has 0 heterocycles. The molecule has 0 amide bonds. The second kappa shape index (κ2) is 7.15. The summed E-state index contributed by atoms with van der Waals surface area (Å²) in [5, 5.41) is -2.70. The second-order valence-electron chi connectivity index (χ2n) is 5.33. The summed E-state index contributed by atoms with van der Waals surface area (Å²) in [7, 11) is -5.44. The van der Waals surface area contributed by atoms with Gasteiger partial charge in [-0.3, -0.25) is 0 Å². The summed E-state index contributed by atoms with van der Waals surface area (Å²) in [6, 6.07) is -14.5. The van der Waals surface area contributed by atoms with Gasteiger partial charge in [0.25, 0.3) is 0 Å². The molecule has 126 valence electrons. The van der Waals surface area contributed by atoms with Gasteiger partial charge in [0.1, 0.15) is 0 Å². The zero-order valence-electron chi connectivity index (χ0n) is 31.6. The summed E-state index contributed by atoms with van der Waals surface area (Å²) in [6.45, 7) is 1.25. The van der Waals surface area contributed by atoms with Crippen LogP contribution in [0.5, 0.6) is 0 Å². The molecule has 0 atom stereocenters. The molecule has 0 aliphatic heterocycles. The number of benzene rings is 4. The van der Waals surface area contributed by atoms with Crippen molar-refractivity contribution in [3.63, 3.8) is 0 Å². The Morgan fingerprint density at radius 1 is 0.538 bits per heavy atom. The van der Waals surface area contributed by atoms with Gasteiger partial charge in [-0.05, 0) is 27.7 Å². The molecule has 0 N–H and O–H groups in total. The Morgan fingerprint density at radius 3 is 1.65 bits per heavy atom. The van der Waals surface area contributed by atoms with Crippen molar-refractivity contribution in [2.45, 2.75) is 6.92 Å². The summed E-state index contributed by atoms with van der Waals surface area (Å²) in [6.07, 6.45) is 0. The minimum atomic E-state index is -5.44. The Kier molecular flexibility index (Phi) is 1.59. The minimum absolute atomic E-state index is 0.224. The molecule has 0 spiro atoms. The molecule has 0 aromatic heterocycles. The lowest BCUT2D eigenvalue weighted by atomic mass is 10.2. The van der Waals surface area contributed by atoms with Gasteiger partial charge in [-0.2, -0.15) is 0 Å². The van der Waals surface area contributed by atoms with E-state index in [0.717, 1.165) is 6.07 Å². The molecule has 26 heavy (non-hydrogen) atoms. The third-order valence-electron chi connectivity index (χ3n) is 3.83. The molecule has 0 fully saturated rings. The molecule has 0 nitrogen and oxygen atoms in total. The zero-order chi connectivity index (χ0) is 33.5. The van der Waals surface area contributed by atoms with Gasteiger partial charge >= 0.3 is 0 Å². The van der Waals surface area contributed by atoms with Gasteiger partial charge in [-0.1, -0.05) is 120 Å². The molecule has 1 heteroatoms. The van der Waals surface area contributed by atoms with E-state index < -0.39 is 138 Å². The average Bonchev–Trinajstić information content (AvgIpc) is 2.99. The molecule has 0 radical (unpaired) electrons. The van der Waals surface area contributed by atoms with Crippen molar-refractivity contribution >= 4 is 28.8 Å². The maximum absolute atomic E-state index is 9.09. The van der Waals surface area contributed by atoms with E-state index in [1.165, 1.54) is 6.92 Å². The highest BCUT2D eigenvalue weighted by Crippen LogP contribution is 2.10. The summed E-state index contributed by atoms with van der Waals surface area (Å²) >= 11 is 0. The van der Waals surface area contributed by atoms with Crippen molar-refractivity contribution < 1.29 is 24.7 Å². The van der Waals surface area contributed by atoms with Gasteiger partial charge in [0.2, 0.25) is 0 Å². The smallest absolute Gasteiger partial charge is 0.0623 e. The highest BCUT2D eigenvalue weighted by molar-refractivity contribution is 7.19. The molecule has 0 saturated carbocycles. The van der Waals surface area contributed by atoms with Crippen molar-refractivity contribution in [2.24, 2.45) is 0 Å².